The molecule has 5 aliphatic heterocycles. The lowest BCUT2D eigenvalue weighted by Crippen LogP contribution is -2.50. The number of aliphatic hydroxyl groups excluding tert-OH is 1. The quantitative estimate of drug-likeness (QED) is 0.0963. The molecule has 1 amide bonds. The Morgan fingerprint density at radius 1 is 1.08 bits per heavy atom. The smallest absolute Gasteiger partial charge is 0.340 e. The molecule has 2 aromatic carbocycles. The van der Waals surface area contributed by atoms with Gasteiger partial charge >= 0.3 is 12.0 Å². The van der Waals surface area contributed by atoms with E-state index in [0.29, 0.717) is 73.1 Å². The number of ether oxygens (including phenoxy) is 3. The zero-order valence-electron chi connectivity index (χ0n) is 36.7. The maximum atomic E-state index is 16.3. The molecule has 0 spiro atoms. The maximum Gasteiger partial charge on any atom is 0.340 e. The highest BCUT2D eigenvalue weighted by Crippen LogP contribution is 2.41. The Hall–Kier alpha value is -6.43. The number of pyridine rings is 2. The van der Waals surface area contributed by atoms with Crippen LogP contribution in [0, 0.1) is 5.82 Å². The average Bonchev–Trinajstić information content (AvgIpc) is 4.01. The van der Waals surface area contributed by atoms with Gasteiger partial charge in [-0.05, 0) is 88.0 Å². The monoisotopic (exact) mass is 917 g/mol. The van der Waals surface area contributed by atoms with Crippen molar-refractivity contribution in [3.05, 3.63) is 104 Å². The third-order valence-electron chi connectivity index (χ3n) is 13.9. The molecule has 2 unspecified atom stereocenters. The summed E-state index contributed by atoms with van der Waals surface area (Å²) in [5.74, 6) is -0.774. The lowest BCUT2D eigenvalue weighted by atomic mass is 9.95. The van der Waals surface area contributed by atoms with Gasteiger partial charge in [0, 0.05) is 65.4 Å². The van der Waals surface area contributed by atoms with E-state index in [-0.39, 0.29) is 74.8 Å². The minimum absolute atomic E-state index is 0.00140. The van der Waals surface area contributed by atoms with Crippen molar-refractivity contribution >= 4 is 57.3 Å². The second kappa shape index (κ2) is 16.8. The third-order valence-corrected chi connectivity index (χ3v) is 14.2. The topological polar surface area (TPSA) is 191 Å². The number of nitrogens with two attached hydrogens (primary N) is 1. The molecule has 0 radical (unpaired) electrons. The number of carbonyl (C=O) groups excluding carboxylic acids is 2. The van der Waals surface area contributed by atoms with Crippen molar-refractivity contribution in [2.24, 2.45) is 10.7 Å². The molecule has 0 saturated carbocycles. The number of rotatable bonds is 11. The molecule has 5 aromatic rings. The average molecular weight is 918 g/mol. The summed E-state index contributed by atoms with van der Waals surface area (Å²) in [6.45, 7) is 15.5. The Labute approximate surface area is 384 Å². The molecule has 16 nitrogen and oxygen atoms in total. The molecule has 8 heterocycles. The normalized spacial score (nSPS) is 19.2. The number of amides is 1. The van der Waals surface area contributed by atoms with Gasteiger partial charge in [0.2, 0.25) is 0 Å². The van der Waals surface area contributed by atoms with Gasteiger partial charge in [-0.1, -0.05) is 31.7 Å². The first-order valence-electron chi connectivity index (χ1n) is 22.3. The van der Waals surface area contributed by atoms with Crippen LogP contribution in [0.5, 0.6) is 11.8 Å². The molecule has 18 heteroatoms. The number of anilines is 1. The number of esters is 1. The van der Waals surface area contributed by atoms with Crippen LogP contribution in [0.1, 0.15) is 73.5 Å². The zero-order chi connectivity index (χ0) is 46.2. The fraction of sp³-hybridized carbons (Fsp3) is 0.396. The Morgan fingerprint density at radius 3 is 2.56 bits per heavy atom. The van der Waals surface area contributed by atoms with Crippen LogP contribution in [0.2, 0.25) is 5.02 Å². The van der Waals surface area contributed by atoms with Gasteiger partial charge in [0.15, 0.2) is 11.9 Å². The second-order valence-electron chi connectivity index (χ2n) is 17.6. The molecule has 0 aliphatic carbocycles. The predicted octanol–water partition coefficient (Wildman–Crippen LogP) is 5.34. The van der Waals surface area contributed by atoms with Gasteiger partial charge < -0.3 is 39.4 Å². The van der Waals surface area contributed by atoms with Crippen LogP contribution in [0.3, 0.4) is 0 Å². The molecule has 66 heavy (non-hydrogen) atoms. The van der Waals surface area contributed by atoms with Crippen LogP contribution >= 0.6 is 11.6 Å². The van der Waals surface area contributed by atoms with Crippen LogP contribution in [0.4, 0.5) is 10.2 Å². The number of aliphatic imine (C=N–C) groups is 1. The number of cyclic esters (lactones) is 1. The van der Waals surface area contributed by atoms with Crippen molar-refractivity contribution in [3.8, 4) is 23.1 Å². The Morgan fingerprint density at radius 2 is 1.83 bits per heavy atom. The third kappa shape index (κ3) is 7.33. The number of aromatic nitrogens is 4. The molecule has 3 saturated heterocycles. The van der Waals surface area contributed by atoms with Gasteiger partial charge in [-0.25, -0.2) is 19.2 Å². The van der Waals surface area contributed by atoms with Gasteiger partial charge in [-0.2, -0.15) is 9.97 Å². The van der Waals surface area contributed by atoms with E-state index in [2.05, 4.69) is 28.0 Å². The van der Waals surface area contributed by atoms with Gasteiger partial charge in [0.05, 0.1) is 39.6 Å². The van der Waals surface area contributed by atoms with Gasteiger partial charge in [0.1, 0.15) is 42.2 Å². The highest BCUT2D eigenvalue weighted by atomic mass is 35.5. The number of fused-ring (bicyclic) bond motifs is 7. The van der Waals surface area contributed by atoms with Gasteiger partial charge in [0.25, 0.3) is 11.5 Å². The van der Waals surface area contributed by atoms with E-state index >= 15 is 4.39 Å². The number of hydrogen-bond donors (Lipinski definition) is 2. The summed E-state index contributed by atoms with van der Waals surface area (Å²) >= 11 is 6.63. The summed E-state index contributed by atoms with van der Waals surface area (Å²) in [6, 6.07) is 8.85. The molecule has 10 rings (SSSR count). The summed E-state index contributed by atoms with van der Waals surface area (Å²) in [5, 5.41) is 11.9. The second-order valence-corrected chi connectivity index (χ2v) is 18.1. The molecule has 5 aliphatic rings. The molecule has 2 atom stereocenters. The van der Waals surface area contributed by atoms with E-state index in [1.165, 1.54) is 6.21 Å². The molecule has 342 valence electrons. The van der Waals surface area contributed by atoms with Crippen molar-refractivity contribution in [2.75, 3.05) is 50.8 Å². The van der Waals surface area contributed by atoms with Crippen molar-refractivity contribution in [2.45, 2.75) is 76.9 Å². The van der Waals surface area contributed by atoms with E-state index in [1.807, 2.05) is 24.0 Å². The fourth-order valence-electron chi connectivity index (χ4n) is 10.3. The summed E-state index contributed by atoms with van der Waals surface area (Å²) in [5.41, 5.74) is 9.75. The van der Waals surface area contributed by atoms with Crippen molar-refractivity contribution in [3.63, 3.8) is 0 Å². The first-order valence-corrected chi connectivity index (χ1v) is 22.7. The summed E-state index contributed by atoms with van der Waals surface area (Å²) in [7, 11) is 0. The van der Waals surface area contributed by atoms with Crippen molar-refractivity contribution in [1.29, 1.82) is 0 Å². The first-order chi connectivity index (χ1) is 31.7. The van der Waals surface area contributed by atoms with Gasteiger partial charge in [-0.3, -0.25) is 14.5 Å². The number of benzene rings is 2. The Bertz CT molecular complexity index is 2990. The summed E-state index contributed by atoms with van der Waals surface area (Å²) < 4.78 is 35.7. The van der Waals surface area contributed by atoms with E-state index in [0.717, 1.165) is 55.3 Å². The van der Waals surface area contributed by atoms with Crippen molar-refractivity contribution in [1.82, 2.24) is 29.3 Å². The summed E-state index contributed by atoms with van der Waals surface area (Å²) in [4.78, 5) is 64.2. The Balaban J connectivity index is 0.855. The van der Waals surface area contributed by atoms with Crippen LogP contribution in [-0.2, 0) is 33.9 Å². The first kappa shape index (κ1) is 43.5. The number of piperazine rings is 1. The van der Waals surface area contributed by atoms with Crippen LogP contribution in [0.25, 0.3) is 33.2 Å². The minimum atomic E-state index is -1.54. The van der Waals surface area contributed by atoms with Gasteiger partial charge in [-0.15, -0.1) is 0 Å². The molecular formula is C48H49ClFN9O7. The number of carbonyl (C=O) groups is 2. The van der Waals surface area contributed by atoms with E-state index in [4.69, 9.17) is 41.5 Å². The predicted molar refractivity (Wildman–Crippen MR) is 246 cm³/mol. The number of aliphatic hydroxyl groups is 1. The lowest BCUT2D eigenvalue weighted by Gasteiger charge is -2.37. The largest absolute Gasteiger partial charge is 0.486 e. The van der Waals surface area contributed by atoms with E-state index in [9.17, 15) is 19.5 Å². The molecule has 0 bridgehead atoms. The van der Waals surface area contributed by atoms with Crippen LogP contribution < -0.4 is 25.7 Å². The lowest BCUT2D eigenvalue weighted by molar-refractivity contribution is -0.157. The number of nitrogens with zero attached hydrogens (tertiary/aromatic N) is 8. The molecular weight excluding hydrogens is 869 g/mol. The standard InChI is InChI=1S/C48H49ClFN9O7/c1-5-29-30-18-28(8-9-37(30)53-40-34(29)22-59-38(40)20-31-35(45(59)62)23-64-46(63)42(31)60)66-26(3)25(2)44(61)57-16-14-56(15-17-57)43-32-19-36(49)33(21-52-27(4)51)39(50)41(32)54-47(55-43)65-24-48-10-6-12-58(48)13-7-11-48/h8-9,18-21,26,42,60H,2,4-7,10-17,22-24,51H2,1,3H3/b52-21+. The number of aryl methyl sites for hydroxylation is 1. The SMILES string of the molecule is C=C(N)/N=C/c1c(Cl)cc2c(N3CCN(C(=O)C(=C)C(C)Oc4ccc5nc6c(c(CC)c5c4)Cn4c-6cc5c(c4=O)COC(=O)C5O)CC3)nc(OCC34CCCN3CCC4)nc2c1F. The molecule has 3 fully saturated rings. The van der Waals surface area contributed by atoms with Crippen LogP contribution in [-0.4, -0.2) is 110 Å². The molecule has 3 aromatic heterocycles. The highest BCUT2D eigenvalue weighted by molar-refractivity contribution is 6.34. The fourth-order valence-corrected chi connectivity index (χ4v) is 10.6. The summed E-state index contributed by atoms with van der Waals surface area (Å²) in [6.07, 6.45) is 3.86. The van der Waals surface area contributed by atoms with E-state index in [1.54, 1.807) is 34.6 Å². The minimum Gasteiger partial charge on any atom is -0.486 e. The Kier molecular flexibility index (Phi) is 11.0. The molecule has 3 N–H and O–H groups in total. The highest BCUT2D eigenvalue weighted by Gasteiger charge is 2.45. The van der Waals surface area contributed by atoms with Crippen molar-refractivity contribution < 1.29 is 33.3 Å². The van der Waals surface area contributed by atoms with E-state index < -0.39 is 24.0 Å². The number of halogens is 2. The zero-order valence-corrected chi connectivity index (χ0v) is 37.5. The number of hydrogen-bond acceptors (Lipinski definition) is 14. The maximum absolute atomic E-state index is 16.3. The van der Waals surface area contributed by atoms with Crippen LogP contribution in [0.15, 0.2) is 64.7 Å².